The van der Waals surface area contributed by atoms with Crippen LogP contribution in [0.5, 0.6) is 0 Å². The van der Waals surface area contributed by atoms with Crippen molar-refractivity contribution in [3.05, 3.63) is 18.5 Å². The second-order valence-corrected chi connectivity index (χ2v) is 3.50. The number of hydrogen-bond acceptors (Lipinski definition) is 4. The Labute approximate surface area is 77.2 Å². The van der Waals surface area contributed by atoms with E-state index in [1.807, 2.05) is 11.8 Å². The van der Waals surface area contributed by atoms with Crippen molar-refractivity contribution < 1.29 is 5.11 Å². The van der Waals surface area contributed by atoms with Crippen LogP contribution in [0.4, 0.5) is 5.95 Å². The summed E-state index contributed by atoms with van der Waals surface area (Å²) in [5, 5.41) is 9.53. The van der Waals surface area contributed by atoms with Gasteiger partial charge in [-0.05, 0) is 6.07 Å². The Kier molecular flexibility index (Phi) is 2.14. The fourth-order valence-corrected chi connectivity index (χ4v) is 1.57. The molecule has 1 aromatic heterocycles. The topological polar surface area (TPSA) is 49.2 Å². The van der Waals surface area contributed by atoms with Crippen molar-refractivity contribution >= 4 is 5.95 Å². The maximum atomic E-state index is 9.53. The van der Waals surface area contributed by atoms with Crippen LogP contribution in [0, 0.1) is 5.92 Å². The zero-order chi connectivity index (χ0) is 9.26. The lowest BCUT2D eigenvalue weighted by Gasteiger charge is -2.14. The Morgan fingerprint density at radius 3 is 2.62 bits per heavy atom. The molecule has 1 aliphatic rings. The molecule has 1 aliphatic heterocycles. The third kappa shape index (κ3) is 1.62. The first-order valence-corrected chi connectivity index (χ1v) is 4.47. The summed E-state index contributed by atoms with van der Waals surface area (Å²) in [5.41, 5.74) is 0. The maximum absolute atomic E-state index is 9.53. The maximum Gasteiger partial charge on any atom is 0.225 e. The van der Waals surface area contributed by atoms with Gasteiger partial charge in [-0.2, -0.15) is 0 Å². The number of β-amino-alcohol motifs (C(OH)–C–C–N with tert-alkyl or cyclic N) is 1. The van der Waals surface area contributed by atoms with E-state index < -0.39 is 0 Å². The lowest BCUT2D eigenvalue weighted by molar-refractivity contribution is 0.157. The van der Waals surface area contributed by atoms with Crippen molar-refractivity contribution in [2.75, 3.05) is 18.0 Å². The molecule has 0 unspecified atom stereocenters. The molecule has 0 bridgehead atoms. The number of anilines is 1. The van der Waals surface area contributed by atoms with Gasteiger partial charge in [0.05, 0.1) is 6.10 Å². The molecular formula is C9H13N3O. The molecule has 2 rings (SSSR count). The van der Waals surface area contributed by atoms with Crippen LogP contribution in [-0.2, 0) is 0 Å². The third-order valence-electron chi connectivity index (χ3n) is 2.41. The van der Waals surface area contributed by atoms with E-state index in [0.29, 0.717) is 18.4 Å². The number of aromatic nitrogens is 2. The second-order valence-electron chi connectivity index (χ2n) is 3.50. The van der Waals surface area contributed by atoms with E-state index in [0.717, 1.165) is 6.54 Å². The molecule has 0 aromatic carbocycles. The van der Waals surface area contributed by atoms with E-state index in [-0.39, 0.29) is 6.10 Å². The fourth-order valence-electron chi connectivity index (χ4n) is 1.57. The van der Waals surface area contributed by atoms with Crippen LogP contribution in [0.2, 0.25) is 0 Å². The molecule has 0 aliphatic carbocycles. The highest BCUT2D eigenvalue weighted by atomic mass is 16.3. The third-order valence-corrected chi connectivity index (χ3v) is 2.41. The van der Waals surface area contributed by atoms with Crippen LogP contribution in [0.3, 0.4) is 0 Å². The van der Waals surface area contributed by atoms with E-state index in [2.05, 4.69) is 9.97 Å². The Morgan fingerprint density at radius 2 is 2.08 bits per heavy atom. The lowest BCUT2D eigenvalue weighted by Crippen LogP contribution is -2.22. The SMILES string of the molecule is C[C@H]1CN(c2ncccn2)C[C@H]1O. The van der Waals surface area contributed by atoms with Crippen LogP contribution in [-0.4, -0.2) is 34.3 Å². The van der Waals surface area contributed by atoms with Crippen molar-refractivity contribution in [2.45, 2.75) is 13.0 Å². The van der Waals surface area contributed by atoms with Crippen LogP contribution in [0.1, 0.15) is 6.92 Å². The zero-order valence-electron chi connectivity index (χ0n) is 7.59. The summed E-state index contributed by atoms with van der Waals surface area (Å²) in [6.45, 7) is 3.52. The summed E-state index contributed by atoms with van der Waals surface area (Å²) in [7, 11) is 0. The zero-order valence-corrected chi connectivity index (χ0v) is 7.59. The Balaban J connectivity index is 2.12. The van der Waals surface area contributed by atoms with Gasteiger partial charge < -0.3 is 10.0 Å². The molecule has 0 radical (unpaired) electrons. The molecule has 0 spiro atoms. The molecule has 1 fully saturated rings. The highest BCUT2D eigenvalue weighted by Crippen LogP contribution is 2.19. The molecule has 0 saturated carbocycles. The Morgan fingerprint density at radius 1 is 1.38 bits per heavy atom. The van der Waals surface area contributed by atoms with Gasteiger partial charge in [0.1, 0.15) is 0 Å². The van der Waals surface area contributed by atoms with E-state index in [4.69, 9.17) is 0 Å². The normalized spacial score (nSPS) is 28.0. The molecule has 1 saturated heterocycles. The van der Waals surface area contributed by atoms with Crippen molar-refractivity contribution in [1.82, 2.24) is 9.97 Å². The molecule has 4 heteroatoms. The van der Waals surface area contributed by atoms with Crippen LogP contribution >= 0.6 is 0 Å². The van der Waals surface area contributed by atoms with E-state index in [1.54, 1.807) is 18.5 Å². The predicted octanol–water partition coefficient (Wildman–Crippen LogP) is 0.294. The number of nitrogens with zero attached hydrogens (tertiary/aromatic N) is 3. The highest BCUT2D eigenvalue weighted by molar-refractivity contribution is 5.31. The smallest absolute Gasteiger partial charge is 0.225 e. The largest absolute Gasteiger partial charge is 0.391 e. The predicted molar refractivity (Wildman–Crippen MR) is 49.4 cm³/mol. The Bertz CT molecular complexity index is 267. The van der Waals surface area contributed by atoms with Crippen LogP contribution < -0.4 is 4.90 Å². The van der Waals surface area contributed by atoms with Gasteiger partial charge in [-0.3, -0.25) is 0 Å². The van der Waals surface area contributed by atoms with Gasteiger partial charge in [0, 0.05) is 31.4 Å². The second kappa shape index (κ2) is 3.30. The van der Waals surface area contributed by atoms with Crippen LogP contribution in [0.25, 0.3) is 0 Å². The fraction of sp³-hybridized carbons (Fsp3) is 0.556. The summed E-state index contributed by atoms with van der Waals surface area (Å²) >= 11 is 0. The lowest BCUT2D eigenvalue weighted by atomic mass is 10.1. The van der Waals surface area contributed by atoms with Gasteiger partial charge in [0.2, 0.25) is 5.95 Å². The highest BCUT2D eigenvalue weighted by Gasteiger charge is 2.28. The molecule has 2 heterocycles. The first kappa shape index (κ1) is 8.44. The van der Waals surface area contributed by atoms with Crippen LogP contribution in [0.15, 0.2) is 18.5 Å². The molecule has 13 heavy (non-hydrogen) atoms. The average Bonchev–Trinajstić information content (AvgIpc) is 2.49. The van der Waals surface area contributed by atoms with Gasteiger partial charge >= 0.3 is 0 Å². The average molecular weight is 179 g/mol. The van der Waals surface area contributed by atoms with Crippen molar-refractivity contribution in [3.8, 4) is 0 Å². The van der Waals surface area contributed by atoms with Gasteiger partial charge in [-0.1, -0.05) is 6.92 Å². The minimum atomic E-state index is -0.246. The van der Waals surface area contributed by atoms with Gasteiger partial charge in [-0.25, -0.2) is 9.97 Å². The number of hydrogen-bond donors (Lipinski definition) is 1. The quantitative estimate of drug-likeness (QED) is 0.673. The first-order valence-electron chi connectivity index (χ1n) is 4.47. The Hall–Kier alpha value is -1.16. The van der Waals surface area contributed by atoms with Crippen molar-refractivity contribution in [2.24, 2.45) is 5.92 Å². The molecule has 0 amide bonds. The minimum absolute atomic E-state index is 0.246. The molecule has 1 N–H and O–H groups in total. The van der Waals surface area contributed by atoms with E-state index >= 15 is 0 Å². The minimum Gasteiger partial charge on any atom is -0.391 e. The number of aliphatic hydroxyl groups is 1. The standard InChI is InChI=1S/C9H13N3O/c1-7-5-12(6-8(7)13)9-10-3-2-4-11-9/h2-4,7-8,13H,5-6H2,1H3/t7-,8+/m0/s1. The summed E-state index contributed by atoms with van der Waals surface area (Å²) in [4.78, 5) is 10.3. The van der Waals surface area contributed by atoms with Gasteiger partial charge in [0.15, 0.2) is 0 Å². The summed E-state index contributed by atoms with van der Waals surface area (Å²) in [5.74, 6) is 1.02. The molecule has 1 aromatic rings. The van der Waals surface area contributed by atoms with E-state index in [1.165, 1.54) is 0 Å². The first-order chi connectivity index (χ1) is 6.27. The molecule has 4 nitrogen and oxygen atoms in total. The number of aliphatic hydroxyl groups excluding tert-OH is 1. The molecular weight excluding hydrogens is 166 g/mol. The van der Waals surface area contributed by atoms with Gasteiger partial charge in [-0.15, -0.1) is 0 Å². The van der Waals surface area contributed by atoms with Crippen molar-refractivity contribution in [3.63, 3.8) is 0 Å². The summed E-state index contributed by atoms with van der Waals surface area (Å²) < 4.78 is 0. The molecule has 2 atom stereocenters. The number of rotatable bonds is 1. The molecule has 70 valence electrons. The summed E-state index contributed by atoms with van der Waals surface area (Å²) in [6, 6.07) is 1.79. The van der Waals surface area contributed by atoms with Crippen molar-refractivity contribution in [1.29, 1.82) is 0 Å². The summed E-state index contributed by atoms with van der Waals surface area (Å²) in [6.07, 6.45) is 3.19. The van der Waals surface area contributed by atoms with E-state index in [9.17, 15) is 5.11 Å². The monoisotopic (exact) mass is 179 g/mol. The van der Waals surface area contributed by atoms with Gasteiger partial charge in [0.25, 0.3) is 0 Å².